The lowest BCUT2D eigenvalue weighted by Crippen LogP contribution is -2.49. The van der Waals surface area contributed by atoms with Gasteiger partial charge in [-0.2, -0.15) is 0 Å². The molecule has 0 saturated carbocycles. The molecule has 0 bridgehead atoms. The Kier molecular flexibility index (Phi) is 4.81. The van der Waals surface area contributed by atoms with Crippen LogP contribution in [0.4, 0.5) is 4.79 Å². The number of amides is 1. The maximum Gasteiger partial charge on any atom is 0.413 e. The van der Waals surface area contributed by atoms with E-state index in [-0.39, 0.29) is 6.04 Å². The van der Waals surface area contributed by atoms with Crippen LogP contribution in [0.2, 0.25) is 0 Å². The van der Waals surface area contributed by atoms with Gasteiger partial charge in [-0.1, -0.05) is 6.08 Å². The molecule has 1 atom stereocenters. The van der Waals surface area contributed by atoms with E-state index in [4.69, 9.17) is 9.47 Å². The van der Waals surface area contributed by atoms with Gasteiger partial charge in [-0.25, -0.2) is 9.59 Å². The van der Waals surface area contributed by atoms with Gasteiger partial charge >= 0.3 is 12.1 Å². The summed E-state index contributed by atoms with van der Waals surface area (Å²) in [5.74, 6) is -0.473. The van der Waals surface area contributed by atoms with Crippen molar-refractivity contribution in [2.75, 3.05) is 13.7 Å². The van der Waals surface area contributed by atoms with Crippen LogP contribution in [-0.2, 0) is 19.0 Å². The molecule has 1 fully saturated rings. The number of carbonyl (C=O) groups excluding carboxylic acids is 2. The van der Waals surface area contributed by atoms with Crippen molar-refractivity contribution in [1.29, 1.82) is 0 Å². The Labute approximate surface area is 119 Å². The van der Waals surface area contributed by atoms with Gasteiger partial charge in [-0.15, -0.1) is 0 Å². The first-order valence-corrected chi connectivity index (χ1v) is 6.49. The van der Waals surface area contributed by atoms with Gasteiger partial charge in [0.2, 0.25) is 0 Å². The Morgan fingerprint density at radius 2 is 1.95 bits per heavy atom. The van der Waals surface area contributed by atoms with E-state index in [9.17, 15) is 9.59 Å². The molecule has 6 nitrogen and oxygen atoms in total. The maximum atomic E-state index is 12.3. The third-order valence-corrected chi connectivity index (χ3v) is 2.76. The van der Waals surface area contributed by atoms with Crippen molar-refractivity contribution in [2.24, 2.45) is 0 Å². The number of rotatable bonds is 2. The second kappa shape index (κ2) is 5.83. The largest absolute Gasteiger partial charge is 0.466 e. The van der Waals surface area contributed by atoms with Crippen molar-refractivity contribution in [3.8, 4) is 0 Å². The Bertz CT molecular complexity index is 408. The Morgan fingerprint density at radius 3 is 2.45 bits per heavy atom. The lowest BCUT2D eigenvalue weighted by atomic mass is 10.2. The molecule has 0 radical (unpaired) electrons. The van der Waals surface area contributed by atoms with Gasteiger partial charge in [0.15, 0.2) is 0 Å². The number of carbonyl (C=O) groups is 2. The topological polar surface area (TPSA) is 65.1 Å². The van der Waals surface area contributed by atoms with E-state index < -0.39 is 23.4 Å². The molecule has 6 heteroatoms. The molecular formula is C14H23NO5. The fraction of sp³-hybridized carbons (Fsp3) is 0.714. The summed E-state index contributed by atoms with van der Waals surface area (Å²) in [6.45, 7) is 9.27. The van der Waals surface area contributed by atoms with E-state index in [2.05, 4.69) is 4.74 Å². The van der Waals surface area contributed by atoms with Crippen LogP contribution in [0.25, 0.3) is 0 Å². The molecule has 1 heterocycles. The molecule has 0 spiro atoms. The van der Waals surface area contributed by atoms with Crippen LogP contribution in [0.3, 0.4) is 0 Å². The predicted molar refractivity (Wildman–Crippen MR) is 73.0 cm³/mol. The molecule has 0 aliphatic carbocycles. The lowest BCUT2D eigenvalue weighted by molar-refractivity contribution is -0.134. The maximum absolute atomic E-state index is 12.3. The van der Waals surface area contributed by atoms with E-state index >= 15 is 0 Å². The SMILES string of the molecule is COC(=O)C=CC1COC(C)(C)N1C(=O)OC(C)(C)C. The second-order valence-corrected chi connectivity index (χ2v) is 6.06. The fourth-order valence-corrected chi connectivity index (χ4v) is 1.90. The van der Waals surface area contributed by atoms with Gasteiger partial charge in [0.25, 0.3) is 0 Å². The summed E-state index contributed by atoms with van der Waals surface area (Å²) >= 11 is 0. The monoisotopic (exact) mass is 285 g/mol. The minimum absolute atomic E-state index is 0.305. The van der Waals surface area contributed by atoms with E-state index in [0.29, 0.717) is 6.61 Å². The minimum Gasteiger partial charge on any atom is -0.466 e. The summed E-state index contributed by atoms with van der Waals surface area (Å²) in [5, 5.41) is 0. The number of esters is 1. The van der Waals surface area contributed by atoms with Crippen molar-refractivity contribution >= 4 is 12.1 Å². The minimum atomic E-state index is -0.784. The summed E-state index contributed by atoms with van der Waals surface area (Å²) in [6.07, 6.45) is 2.40. The van der Waals surface area contributed by atoms with E-state index in [1.807, 2.05) is 0 Å². The first kappa shape index (κ1) is 16.5. The molecular weight excluding hydrogens is 262 g/mol. The van der Waals surface area contributed by atoms with E-state index in [1.54, 1.807) is 40.7 Å². The zero-order valence-electron chi connectivity index (χ0n) is 12.9. The molecule has 1 aliphatic heterocycles. The average molecular weight is 285 g/mol. The molecule has 1 saturated heterocycles. The highest BCUT2D eigenvalue weighted by atomic mass is 16.6. The van der Waals surface area contributed by atoms with E-state index in [0.717, 1.165) is 0 Å². The van der Waals surface area contributed by atoms with Crippen LogP contribution in [-0.4, -0.2) is 48.0 Å². The van der Waals surface area contributed by atoms with Crippen molar-refractivity contribution in [1.82, 2.24) is 4.90 Å². The standard InChI is InChI=1S/C14H23NO5/c1-13(2,3)20-12(17)15-10(7-8-11(16)18-6)9-19-14(15,4)5/h7-8,10H,9H2,1-6H3. The quantitative estimate of drug-likeness (QED) is 0.574. The zero-order valence-corrected chi connectivity index (χ0v) is 12.9. The molecule has 0 N–H and O–H groups in total. The molecule has 1 aliphatic rings. The number of nitrogens with zero attached hydrogens (tertiary/aromatic N) is 1. The molecule has 114 valence electrons. The summed E-state index contributed by atoms with van der Waals surface area (Å²) in [6, 6.07) is -0.362. The Hall–Kier alpha value is -1.56. The molecule has 0 aromatic carbocycles. The van der Waals surface area contributed by atoms with Crippen molar-refractivity contribution in [3.63, 3.8) is 0 Å². The first-order valence-electron chi connectivity index (χ1n) is 6.49. The van der Waals surface area contributed by atoms with Gasteiger partial charge in [-0.3, -0.25) is 4.90 Å². The Balaban J connectivity index is 2.88. The highest BCUT2D eigenvalue weighted by molar-refractivity contribution is 5.82. The number of hydrogen-bond acceptors (Lipinski definition) is 5. The summed E-state index contributed by atoms with van der Waals surface area (Å²) < 4.78 is 15.5. The average Bonchev–Trinajstić information content (AvgIpc) is 2.59. The number of hydrogen-bond donors (Lipinski definition) is 0. The van der Waals surface area contributed by atoms with Crippen LogP contribution >= 0.6 is 0 Å². The van der Waals surface area contributed by atoms with E-state index in [1.165, 1.54) is 18.1 Å². The smallest absolute Gasteiger partial charge is 0.413 e. The lowest BCUT2D eigenvalue weighted by Gasteiger charge is -2.34. The van der Waals surface area contributed by atoms with Gasteiger partial charge < -0.3 is 14.2 Å². The molecule has 0 aromatic heterocycles. The number of methoxy groups -OCH3 is 1. The molecule has 20 heavy (non-hydrogen) atoms. The third kappa shape index (κ3) is 4.23. The summed E-state index contributed by atoms with van der Waals surface area (Å²) in [5.41, 5.74) is -1.38. The van der Waals surface area contributed by atoms with Crippen LogP contribution in [0.1, 0.15) is 34.6 Å². The van der Waals surface area contributed by atoms with Crippen molar-refractivity contribution in [2.45, 2.75) is 52.0 Å². The predicted octanol–water partition coefficient (Wildman–Crippen LogP) is 2.09. The third-order valence-electron chi connectivity index (χ3n) is 2.76. The molecule has 1 rings (SSSR count). The highest BCUT2D eigenvalue weighted by Crippen LogP contribution is 2.29. The van der Waals surface area contributed by atoms with Gasteiger partial charge in [0.1, 0.15) is 11.3 Å². The van der Waals surface area contributed by atoms with Crippen LogP contribution < -0.4 is 0 Å². The number of ether oxygens (including phenoxy) is 3. The first-order chi connectivity index (χ1) is 9.07. The van der Waals surface area contributed by atoms with Crippen LogP contribution in [0.15, 0.2) is 12.2 Å². The van der Waals surface area contributed by atoms with Crippen LogP contribution in [0, 0.1) is 0 Å². The van der Waals surface area contributed by atoms with Gasteiger partial charge in [0.05, 0.1) is 19.8 Å². The van der Waals surface area contributed by atoms with Crippen molar-refractivity contribution < 1.29 is 23.8 Å². The van der Waals surface area contributed by atoms with Gasteiger partial charge in [0, 0.05) is 6.08 Å². The Morgan fingerprint density at radius 1 is 1.35 bits per heavy atom. The molecule has 1 unspecified atom stereocenters. The van der Waals surface area contributed by atoms with Gasteiger partial charge in [-0.05, 0) is 34.6 Å². The zero-order chi connectivity index (χ0) is 15.6. The normalized spacial score (nSPS) is 22.1. The van der Waals surface area contributed by atoms with Crippen molar-refractivity contribution in [3.05, 3.63) is 12.2 Å². The second-order valence-electron chi connectivity index (χ2n) is 6.06. The molecule has 0 aromatic rings. The summed E-state index contributed by atoms with van der Waals surface area (Å²) in [4.78, 5) is 24.9. The highest BCUT2D eigenvalue weighted by Gasteiger charge is 2.44. The fourth-order valence-electron chi connectivity index (χ4n) is 1.90. The molecule has 1 amide bonds. The van der Waals surface area contributed by atoms with Crippen LogP contribution in [0.5, 0.6) is 0 Å². The summed E-state index contributed by atoms with van der Waals surface area (Å²) in [7, 11) is 1.30.